The molecule has 0 saturated carbocycles. The Labute approximate surface area is 226 Å². The van der Waals surface area contributed by atoms with Crippen molar-refractivity contribution in [3.05, 3.63) is 144 Å². The summed E-state index contributed by atoms with van der Waals surface area (Å²) in [7, 11) is 0. The molecule has 0 spiro atoms. The number of amides is 1. The second kappa shape index (κ2) is 10.4. The maximum atomic E-state index is 13.9. The molecular formula is C33H25N3OS. The second-order valence-electron chi connectivity index (χ2n) is 8.94. The Bertz CT molecular complexity index is 1640. The van der Waals surface area contributed by atoms with Crippen LogP contribution in [-0.2, 0) is 4.79 Å². The van der Waals surface area contributed by atoms with Crippen molar-refractivity contribution in [1.29, 1.82) is 0 Å². The van der Waals surface area contributed by atoms with Gasteiger partial charge in [-0.3, -0.25) is 9.69 Å². The van der Waals surface area contributed by atoms with E-state index in [0.717, 1.165) is 39.6 Å². The van der Waals surface area contributed by atoms with E-state index in [-0.39, 0.29) is 5.91 Å². The van der Waals surface area contributed by atoms with Crippen LogP contribution in [0.2, 0.25) is 0 Å². The van der Waals surface area contributed by atoms with Crippen LogP contribution in [0.15, 0.2) is 137 Å². The van der Waals surface area contributed by atoms with Gasteiger partial charge in [-0.05, 0) is 72.8 Å². The maximum absolute atomic E-state index is 13.9. The predicted octanol–water partition coefficient (Wildman–Crippen LogP) is 8.26. The van der Waals surface area contributed by atoms with Crippen LogP contribution in [0, 0.1) is 6.92 Å². The average molecular weight is 512 g/mol. The van der Waals surface area contributed by atoms with Gasteiger partial charge in [0.1, 0.15) is 0 Å². The number of para-hydroxylation sites is 3. The molecule has 0 unspecified atom stereocenters. The van der Waals surface area contributed by atoms with Crippen molar-refractivity contribution in [2.75, 3.05) is 4.90 Å². The molecule has 38 heavy (non-hydrogen) atoms. The van der Waals surface area contributed by atoms with Crippen LogP contribution < -0.4 is 4.90 Å². The Morgan fingerprint density at radius 2 is 1.26 bits per heavy atom. The molecule has 4 nitrogen and oxygen atoms in total. The van der Waals surface area contributed by atoms with Gasteiger partial charge in [0.25, 0.3) is 5.91 Å². The van der Waals surface area contributed by atoms with Gasteiger partial charge in [0, 0.05) is 16.9 Å². The maximum Gasteiger partial charge on any atom is 0.271 e. The lowest BCUT2D eigenvalue weighted by molar-refractivity contribution is -0.113. The first-order valence-electron chi connectivity index (χ1n) is 12.4. The Morgan fingerprint density at radius 3 is 1.89 bits per heavy atom. The number of nitrogens with zero attached hydrogens (tertiary/aromatic N) is 3. The van der Waals surface area contributed by atoms with Gasteiger partial charge in [-0.15, -0.1) is 0 Å². The SMILES string of the molecule is Cc1cc(/C=C2\SC(=Nc3ccccc3)N(c3ccccc3)C2=O)c(-c2ccccc2)n1-c1ccccc1. The third-order valence-corrected chi connectivity index (χ3v) is 7.33. The number of rotatable bonds is 5. The van der Waals surface area contributed by atoms with E-state index in [9.17, 15) is 4.79 Å². The third-order valence-electron chi connectivity index (χ3n) is 6.36. The number of hydrogen-bond donors (Lipinski definition) is 0. The molecule has 1 aliphatic rings. The molecule has 0 aliphatic carbocycles. The molecule has 0 atom stereocenters. The summed E-state index contributed by atoms with van der Waals surface area (Å²) in [6.45, 7) is 2.10. The quantitative estimate of drug-likeness (QED) is 0.223. The highest BCUT2D eigenvalue weighted by Crippen LogP contribution is 2.39. The molecule has 184 valence electrons. The van der Waals surface area contributed by atoms with Crippen LogP contribution in [0.5, 0.6) is 0 Å². The van der Waals surface area contributed by atoms with E-state index in [1.807, 2.05) is 103 Å². The standard InChI is InChI=1S/C33H25N3OS/c1-24-22-26(31(25-14-6-2-7-15-25)35(24)28-18-10-4-11-19-28)23-30-32(37)36(29-20-12-5-13-21-29)33(38-30)34-27-16-8-3-9-17-27/h2-23H,1H3/b30-23-,34-33?. The number of aromatic nitrogens is 1. The molecule has 4 aromatic carbocycles. The molecule has 0 radical (unpaired) electrons. The minimum atomic E-state index is -0.0833. The van der Waals surface area contributed by atoms with Crippen LogP contribution in [-0.4, -0.2) is 15.6 Å². The van der Waals surface area contributed by atoms with Gasteiger partial charge >= 0.3 is 0 Å². The predicted molar refractivity (Wildman–Crippen MR) is 159 cm³/mol. The van der Waals surface area contributed by atoms with Crippen LogP contribution in [0.1, 0.15) is 11.3 Å². The highest BCUT2D eigenvalue weighted by Gasteiger charge is 2.35. The second-order valence-corrected chi connectivity index (χ2v) is 9.95. The third kappa shape index (κ3) is 4.60. The van der Waals surface area contributed by atoms with Gasteiger partial charge in [0.2, 0.25) is 0 Å². The van der Waals surface area contributed by atoms with Crippen molar-refractivity contribution < 1.29 is 4.79 Å². The number of benzene rings is 4. The topological polar surface area (TPSA) is 37.6 Å². The number of carbonyl (C=O) groups excluding carboxylic acids is 1. The first-order chi connectivity index (χ1) is 18.7. The van der Waals surface area contributed by atoms with Crippen molar-refractivity contribution in [1.82, 2.24) is 4.57 Å². The molecule has 5 heteroatoms. The first-order valence-corrected chi connectivity index (χ1v) is 13.3. The average Bonchev–Trinajstić information content (AvgIpc) is 3.45. The Balaban J connectivity index is 1.50. The normalized spacial score (nSPS) is 15.5. The van der Waals surface area contributed by atoms with Crippen LogP contribution in [0.4, 0.5) is 11.4 Å². The summed E-state index contributed by atoms with van der Waals surface area (Å²) in [5, 5.41) is 0.638. The van der Waals surface area contributed by atoms with Crippen molar-refractivity contribution in [3.8, 4) is 16.9 Å². The van der Waals surface area contributed by atoms with Crippen molar-refractivity contribution >= 4 is 40.3 Å². The van der Waals surface area contributed by atoms with Gasteiger partial charge in [-0.2, -0.15) is 0 Å². The van der Waals surface area contributed by atoms with E-state index >= 15 is 0 Å². The number of thioether (sulfide) groups is 1. The van der Waals surface area contributed by atoms with Crippen molar-refractivity contribution in [2.45, 2.75) is 6.92 Å². The van der Waals surface area contributed by atoms with E-state index in [1.54, 1.807) is 4.90 Å². The van der Waals surface area contributed by atoms with Crippen LogP contribution >= 0.6 is 11.8 Å². The molecule has 1 aliphatic heterocycles. The molecule has 5 aromatic rings. The molecular weight excluding hydrogens is 486 g/mol. The monoisotopic (exact) mass is 511 g/mol. The summed E-state index contributed by atoms with van der Waals surface area (Å²) < 4.78 is 2.25. The lowest BCUT2D eigenvalue weighted by Gasteiger charge is -2.15. The largest absolute Gasteiger partial charge is 0.313 e. The highest BCUT2D eigenvalue weighted by atomic mass is 32.2. The fourth-order valence-electron chi connectivity index (χ4n) is 4.68. The molecule has 6 rings (SSSR count). The Kier molecular flexibility index (Phi) is 6.51. The summed E-state index contributed by atoms with van der Waals surface area (Å²) in [4.78, 5) is 21.0. The van der Waals surface area contributed by atoms with Gasteiger partial charge < -0.3 is 4.57 Å². The lowest BCUT2D eigenvalue weighted by Crippen LogP contribution is -2.28. The minimum Gasteiger partial charge on any atom is -0.313 e. The van der Waals surface area contributed by atoms with Crippen LogP contribution in [0.3, 0.4) is 0 Å². The molecule has 0 N–H and O–H groups in total. The van der Waals surface area contributed by atoms with Crippen molar-refractivity contribution in [2.24, 2.45) is 4.99 Å². The zero-order chi connectivity index (χ0) is 25.9. The van der Waals surface area contributed by atoms with Gasteiger partial charge in [-0.25, -0.2) is 4.99 Å². The smallest absolute Gasteiger partial charge is 0.271 e. The fourth-order valence-corrected chi connectivity index (χ4v) is 5.67. The van der Waals surface area contributed by atoms with Crippen molar-refractivity contribution in [3.63, 3.8) is 0 Å². The Hall–Kier alpha value is -4.61. The summed E-state index contributed by atoms with van der Waals surface area (Å²) in [5.41, 5.74) is 6.90. The zero-order valence-corrected chi connectivity index (χ0v) is 21.7. The molecule has 1 aromatic heterocycles. The molecule has 0 bridgehead atoms. The minimum absolute atomic E-state index is 0.0833. The van der Waals surface area contributed by atoms with Gasteiger partial charge in [0.05, 0.1) is 22.0 Å². The Morgan fingerprint density at radius 1 is 0.711 bits per heavy atom. The summed E-state index contributed by atoms with van der Waals surface area (Å²) in [6, 6.07) is 42.2. The van der Waals surface area contributed by atoms with E-state index < -0.39 is 0 Å². The van der Waals surface area contributed by atoms with Gasteiger partial charge in [-0.1, -0.05) is 84.9 Å². The number of carbonyl (C=O) groups is 1. The lowest BCUT2D eigenvalue weighted by atomic mass is 10.1. The molecule has 1 fully saturated rings. The van der Waals surface area contributed by atoms with E-state index in [2.05, 4.69) is 41.8 Å². The molecule has 2 heterocycles. The van der Waals surface area contributed by atoms with Gasteiger partial charge in [0.15, 0.2) is 5.17 Å². The summed E-state index contributed by atoms with van der Waals surface area (Å²) in [5.74, 6) is -0.0833. The van der Waals surface area contributed by atoms with E-state index in [4.69, 9.17) is 4.99 Å². The summed E-state index contributed by atoms with van der Waals surface area (Å²) in [6.07, 6.45) is 2.01. The highest BCUT2D eigenvalue weighted by molar-refractivity contribution is 8.19. The molecule has 1 saturated heterocycles. The van der Waals surface area contributed by atoms with E-state index in [0.29, 0.717) is 10.1 Å². The zero-order valence-electron chi connectivity index (χ0n) is 20.9. The number of aliphatic imine (C=N–C) groups is 1. The number of amidine groups is 1. The molecule has 1 amide bonds. The first kappa shape index (κ1) is 23.8. The summed E-state index contributed by atoms with van der Waals surface area (Å²) >= 11 is 1.40. The van der Waals surface area contributed by atoms with Crippen LogP contribution in [0.25, 0.3) is 23.0 Å². The van der Waals surface area contributed by atoms with E-state index in [1.165, 1.54) is 11.8 Å². The fraction of sp³-hybridized carbons (Fsp3) is 0.0303. The number of anilines is 1. The number of aryl methyl sites for hydroxylation is 1. The number of hydrogen-bond acceptors (Lipinski definition) is 3.